The molecular formula is C11H16N2O3S. The summed E-state index contributed by atoms with van der Waals surface area (Å²) >= 11 is 1.38. The van der Waals surface area contributed by atoms with Gasteiger partial charge in [0.05, 0.1) is 0 Å². The fraction of sp³-hybridized carbons (Fsp3) is 0.455. The summed E-state index contributed by atoms with van der Waals surface area (Å²) in [5.74, 6) is -1.39. The Kier molecular flexibility index (Phi) is 4.65. The number of aliphatic carboxylic acids is 1. The van der Waals surface area contributed by atoms with Crippen LogP contribution in [0.15, 0.2) is 17.5 Å². The minimum absolute atomic E-state index is 0.356. The molecule has 0 saturated carbocycles. The van der Waals surface area contributed by atoms with Crippen LogP contribution >= 0.6 is 11.3 Å². The molecule has 0 aliphatic heterocycles. The highest BCUT2D eigenvalue weighted by Crippen LogP contribution is 2.19. The monoisotopic (exact) mass is 256 g/mol. The van der Waals surface area contributed by atoms with E-state index in [1.54, 1.807) is 13.0 Å². The average molecular weight is 256 g/mol. The van der Waals surface area contributed by atoms with E-state index in [0.717, 1.165) is 4.88 Å². The van der Waals surface area contributed by atoms with Crippen LogP contribution in [0.2, 0.25) is 0 Å². The van der Waals surface area contributed by atoms with Crippen LogP contribution in [0.3, 0.4) is 0 Å². The number of hydrogen-bond acceptors (Lipinski definition) is 4. The first-order chi connectivity index (χ1) is 7.99. The maximum absolute atomic E-state index is 12.0. The quantitative estimate of drug-likeness (QED) is 0.825. The third-order valence-electron chi connectivity index (χ3n) is 2.60. The zero-order valence-corrected chi connectivity index (χ0v) is 10.6. The predicted octanol–water partition coefficient (Wildman–Crippen LogP) is 1.07. The van der Waals surface area contributed by atoms with Crippen molar-refractivity contribution in [3.63, 3.8) is 0 Å². The molecule has 2 atom stereocenters. The fourth-order valence-corrected chi connectivity index (χ4v) is 2.30. The van der Waals surface area contributed by atoms with Gasteiger partial charge in [0.1, 0.15) is 12.1 Å². The van der Waals surface area contributed by atoms with Crippen molar-refractivity contribution in [2.45, 2.75) is 25.4 Å². The summed E-state index contributed by atoms with van der Waals surface area (Å²) in [5.41, 5.74) is 5.80. The number of likely N-dealkylation sites (N-methyl/N-ethyl adjacent to an activating group) is 1. The molecule has 17 heavy (non-hydrogen) atoms. The maximum atomic E-state index is 12.0. The second kappa shape index (κ2) is 5.79. The third kappa shape index (κ3) is 3.04. The summed E-state index contributed by atoms with van der Waals surface area (Å²) in [7, 11) is 1.47. The van der Waals surface area contributed by atoms with E-state index >= 15 is 0 Å². The zero-order chi connectivity index (χ0) is 13.0. The van der Waals surface area contributed by atoms with E-state index in [1.807, 2.05) is 11.4 Å². The number of carboxylic acids is 1. The van der Waals surface area contributed by atoms with Gasteiger partial charge in [0, 0.05) is 11.9 Å². The van der Waals surface area contributed by atoms with Gasteiger partial charge in [-0.05, 0) is 17.9 Å². The third-order valence-corrected chi connectivity index (χ3v) is 3.56. The lowest BCUT2D eigenvalue weighted by Gasteiger charge is -2.26. The second-order valence-corrected chi connectivity index (χ2v) is 4.68. The van der Waals surface area contributed by atoms with E-state index in [4.69, 9.17) is 10.8 Å². The average Bonchev–Trinajstić information content (AvgIpc) is 2.80. The van der Waals surface area contributed by atoms with Gasteiger partial charge in [0.15, 0.2) is 0 Å². The largest absolute Gasteiger partial charge is 0.480 e. The van der Waals surface area contributed by atoms with Crippen molar-refractivity contribution in [2.24, 2.45) is 5.73 Å². The van der Waals surface area contributed by atoms with Gasteiger partial charge in [0.2, 0.25) is 5.91 Å². The lowest BCUT2D eigenvalue weighted by molar-refractivity contribution is -0.149. The number of nitrogens with zero attached hydrogens (tertiary/aromatic N) is 1. The van der Waals surface area contributed by atoms with Gasteiger partial charge in [-0.15, -0.1) is 11.3 Å². The topological polar surface area (TPSA) is 83.6 Å². The molecular weight excluding hydrogens is 240 g/mol. The van der Waals surface area contributed by atoms with Gasteiger partial charge in [-0.25, -0.2) is 4.79 Å². The zero-order valence-electron chi connectivity index (χ0n) is 9.79. The van der Waals surface area contributed by atoms with Crippen molar-refractivity contribution < 1.29 is 14.7 Å². The van der Waals surface area contributed by atoms with E-state index < -0.39 is 18.1 Å². The van der Waals surface area contributed by atoms with Crippen molar-refractivity contribution in [1.82, 2.24) is 4.90 Å². The van der Waals surface area contributed by atoms with Crippen molar-refractivity contribution in [1.29, 1.82) is 0 Å². The fourth-order valence-electron chi connectivity index (χ4n) is 1.58. The number of carbonyl (C=O) groups is 2. The molecule has 1 aromatic rings. The Bertz CT molecular complexity index is 391. The van der Waals surface area contributed by atoms with E-state index in [9.17, 15) is 9.59 Å². The molecule has 1 amide bonds. The Morgan fingerprint density at radius 1 is 1.59 bits per heavy atom. The van der Waals surface area contributed by atoms with Gasteiger partial charge >= 0.3 is 5.97 Å². The SMILES string of the molecule is CCC(C(=O)O)N(C)C(=O)C(N)c1cccs1. The van der Waals surface area contributed by atoms with Crippen LogP contribution in [0, 0.1) is 0 Å². The number of rotatable bonds is 5. The number of carbonyl (C=O) groups excluding carboxylic acids is 1. The number of nitrogens with two attached hydrogens (primary N) is 1. The van der Waals surface area contributed by atoms with Gasteiger partial charge in [0.25, 0.3) is 0 Å². The molecule has 6 heteroatoms. The number of amides is 1. The molecule has 0 fully saturated rings. The van der Waals surface area contributed by atoms with Crippen LogP contribution in [0.25, 0.3) is 0 Å². The first kappa shape index (κ1) is 13.7. The molecule has 2 unspecified atom stereocenters. The summed E-state index contributed by atoms with van der Waals surface area (Å²) in [6, 6.07) is 1.96. The maximum Gasteiger partial charge on any atom is 0.326 e. The minimum atomic E-state index is -1.01. The van der Waals surface area contributed by atoms with Gasteiger partial charge in [-0.1, -0.05) is 13.0 Å². The molecule has 0 aromatic carbocycles. The predicted molar refractivity (Wildman–Crippen MR) is 65.7 cm³/mol. The normalized spacial score (nSPS) is 14.1. The molecule has 3 N–H and O–H groups in total. The summed E-state index contributed by atoms with van der Waals surface area (Å²) < 4.78 is 0. The van der Waals surface area contributed by atoms with Crippen LogP contribution in [0.5, 0.6) is 0 Å². The van der Waals surface area contributed by atoms with Crippen LogP contribution in [0.4, 0.5) is 0 Å². The Morgan fingerprint density at radius 3 is 2.65 bits per heavy atom. The first-order valence-corrected chi connectivity index (χ1v) is 6.15. The highest BCUT2D eigenvalue weighted by Gasteiger charge is 2.29. The Balaban J connectivity index is 2.79. The molecule has 0 aliphatic rings. The van der Waals surface area contributed by atoms with Gasteiger partial charge < -0.3 is 15.7 Å². The molecule has 94 valence electrons. The number of carboxylic acid groups (broad SMARTS) is 1. The number of thiophene rings is 1. The van der Waals surface area contributed by atoms with Crippen molar-refractivity contribution in [3.8, 4) is 0 Å². The molecule has 1 heterocycles. The lowest BCUT2D eigenvalue weighted by atomic mass is 10.1. The van der Waals surface area contributed by atoms with E-state index in [-0.39, 0.29) is 5.91 Å². The van der Waals surface area contributed by atoms with E-state index in [2.05, 4.69) is 0 Å². The highest BCUT2D eigenvalue weighted by atomic mass is 32.1. The standard InChI is InChI=1S/C11H16N2O3S/c1-3-7(11(15)16)13(2)10(14)9(12)8-5-4-6-17-8/h4-7,9H,3,12H2,1-2H3,(H,15,16). The van der Waals surface area contributed by atoms with Crippen LogP contribution in [0.1, 0.15) is 24.3 Å². The molecule has 0 radical (unpaired) electrons. The summed E-state index contributed by atoms with van der Waals surface area (Å²) in [4.78, 5) is 24.9. The Morgan fingerprint density at radius 2 is 2.24 bits per heavy atom. The first-order valence-electron chi connectivity index (χ1n) is 5.27. The summed E-state index contributed by atoms with van der Waals surface area (Å²) in [5, 5.41) is 10.8. The van der Waals surface area contributed by atoms with Gasteiger partial charge in [-0.3, -0.25) is 4.79 Å². The molecule has 0 spiro atoms. The number of hydrogen-bond donors (Lipinski definition) is 2. The molecule has 5 nitrogen and oxygen atoms in total. The van der Waals surface area contributed by atoms with Crippen molar-refractivity contribution in [3.05, 3.63) is 22.4 Å². The molecule has 0 aliphatic carbocycles. The Labute approximate surface area is 104 Å². The van der Waals surface area contributed by atoms with Crippen molar-refractivity contribution >= 4 is 23.2 Å². The molecule has 1 rings (SSSR count). The van der Waals surface area contributed by atoms with E-state index in [1.165, 1.54) is 23.3 Å². The molecule has 1 aromatic heterocycles. The van der Waals surface area contributed by atoms with Crippen LogP contribution in [-0.2, 0) is 9.59 Å². The van der Waals surface area contributed by atoms with Gasteiger partial charge in [-0.2, -0.15) is 0 Å². The smallest absolute Gasteiger partial charge is 0.326 e. The highest BCUT2D eigenvalue weighted by molar-refractivity contribution is 7.10. The molecule has 0 bridgehead atoms. The van der Waals surface area contributed by atoms with Crippen LogP contribution in [-0.4, -0.2) is 35.0 Å². The second-order valence-electron chi connectivity index (χ2n) is 3.70. The molecule has 0 saturated heterocycles. The summed E-state index contributed by atoms with van der Waals surface area (Å²) in [6.07, 6.45) is 0.356. The minimum Gasteiger partial charge on any atom is -0.480 e. The van der Waals surface area contributed by atoms with Crippen LogP contribution < -0.4 is 5.73 Å². The van der Waals surface area contributed by atoms with E-state index in [0.29, 0.717) is 6.42 Å². The summed E-state index contributed by atoms with van der Waals surface area (Å²) in [6.45, 7) is 1.72. The Hall–Kier alpha value is -1.40. The lowest BCUT2D eigenvalue weighted by Crippen LogP contribution is -2.45. The van der Waals surface area contributed by atoms with Crippen molar-refractivity contribution in [2.75, 3.05) is 7.05 Å².